The van der Waals surface area contributed by atoms with Crippen molar-refractivity contribution in [3.63, 3.8) is 0 Å². The Balaban J connectivity index is 1.39. The van der Waals surface area contributed by atoms with E-state index in [9.17, 15) is 9.59 Å². The van der Waals surface area contributed by atoms with Crippen LogP contribution >= 0.6 is 0 Å². The number of carbonyl (C=O) groups is 2. The average molecular weight is 415 g/mol. The first-order valence-corrected chi connectivity index (χ1v) is 11.6. The first kappa shape index (κ1) is 22.8. The fourth-order valence-corrected chi connectivity index (χ4v) is 4.67. The zero-order valence-electron chi connectivity index (χ0n) is 18.6. The Morgan fingerprint density at radius 2 is 1.80 bits per heavy atom. The van der Waals surface area contributed by atoms with Crippen LogP contribution in [-0.4, -0.2) is 61.9 Å². The van der Waals surface area contributed by atoms with Gasteiger partial charge in [-0.05, 0) is 56.7 Å². The number of nitrogens with zero attached hydrogens (tertiary/aromatic N) is 2. The highest BCUT2D eigenvalue weighted by atomic mass is 16.2. The van der Waals surface area contributed by atoms with E-state index in [4.69, 9.17) is 5.73 Å². The van der Waals surface area contributed by atoms with E-state index in [0.717, 1.165) is 57.0 Å². The molecule has 1 saturated carbocycles. The van der Waals surface area contributed by atoms with Crippen LogP contribution in [-0.2, 0) is 4.79 Å². The van der Waals surface area contributed by atoms with Crippen LogP contribution in [0.1, 0.15) is 56.3 Å². The van der Waals surface area contributed by atoms with Crippen molar-refractivity contribution in [1.82, 2.24) is 10.2 Å². The highest BCUT2D eigenvalue weighted by molar-refractivity contribution is 5.98. The Labute approximate surface area is 181 Å². The van der Waals surface area contributed by atoms with E-state index >= 15 is 0 Å². The molecule has 1 saturated heterocycles. The first-order chi connectivity index (χ1) is 14.5. The second-order valence-electron chi connectivity index (χ2n) is 9.18. The molecule has 1 amide bonds. The molecule has 1 aliphatic heterocycles. The normalized spacial score (nSPS) is 22.9. The highest BCUT2D eigenvalue weighted by Crippen LogP contribution is 2.27. The Kier molecular flexibility index (Phi) is 8.28. The Morgan fingerprint density at radius 1 is 1.10 bits per heavy atom. The van der Waals surface area contributed by atoms with E-state index in [0.29, 0.717) is 6.04 Å². The quantitative estimate of drug-likeness (QED) is 0.640. The number of benzene rings is 1. The van der Waals surface area contributed by atoms with Crippen LogP contribution in [0.2, 0.25) is 0 Å². The van der Waals surface area contributed by atoms with Crippen LogP contribution in [0.25, 0.3) is 0 Å². The van der Waals surface area contributed by atoms with Crippen LogP contribution < -0.4 is 16.0 Å². The predicted octanol–water partition coefficient (Wildman–Crippen LogP) is 2.67. The van der Waals surface area contributed by atoms with Gasteiger partial charge in [-0.1, -0.05) is 26.0 Å². The molecule has 30 heavy (non-hydrogen) atoms. The topological polar surface area (TPSA) is 78.7 Å². The third kappa shape index (κ3) is 6.29. The summed E-state index contributed by atoms with van der Waals surface area (Å²) in [6.07, 6.45) is 5.81. The Morgan fingerprint density at radius 3 is 2.43 bits per heavy atom. The van der Waals surface area contributed by atoms with Crippen molar-refractivity contribution >= 4 is 17.4 Å². The summed E-state index contributed by atoms with van der Waals surface area (Å²) in [5.74, 6) is 0.986. The molecule has 2 fully saturated rings. The molecule has 1 aliphatic carbocycles. The molecule has 0 aromatic heterocycles. The number of ketones is 1. The summed E-state index contributed by atoms with van der Waals surface area (Å²) >= 11 is 0. The summed E-state index contributed by atoms with van der Waals surface area (Å²) in [4.78, 5) is 28.7. The van der Waals surface area contributed by atoms with Crippen molar-refractivity contribution in [3.8, 4) is 0 Å². The smallest absolute Gasteiger partial charge is 0.233 e. The van der Waals surface area contributed by atoms with E-state index in [-0.39, 0.29) is 24.2 Å². The number of carbonyl (C=O) groups excluding carboxylic acids is 2. The van der Waals surface area contributed by atoms with Crippen molar-refractivity contribution < 1.29 is 9.59 Å². The second-order valence-corrected chi connectivity index (χ2v) is 9.18. The van der Waals surface area contributed by atoms with Gasteiger partial charge in [-0.15, -0.1) is 0 Å². The minimum Gasteiger partial charge on any atom is -0.369 e. The molecule has 0 radical (unpaired) electrons. The molecule has 3 N–H and O–H groups in total. The molecule has 166 valence electrons. The lowest BCUT2D eigenvalue weighted by molar-refractivity contribution is -0.120. The van der Waals surface area contributed by atoms with Gasteiger partial charge in [0, 0.05) is 49.4 Å². The Bertz CT molecular complexity index is 705. The third-order valence-corrected chi connectivity index (χ3v) is 6.64. The minimum atomic E-state index is -0.0320. The maximum absolute atomic E-state index is 12.3. The third-order valence-electron chi connectivity index (χ3n) is 6.64. The lowest BCUT2D eigenvalue weighted by atomic mass is 9.84. The molecule has 0 bridgehead atoms. The van der Waals surface area contributed by atoms with Gasteiger partial charge in [-0.2, -0.15) is 0 Å². The van der Waals surface area contributed by atoms with Gasteiger partial charge in [-0.25, -0.2) is 0 Å². The number of anilines is 1. The van der Waals surface area contributed by atoms with E-state index in [1.54, 1.807) is 0 Å². The number of amides is 1. The summed E-state index contributed by atoms with van der Waals surface area (Å²) < 4.78 is 0. The maximum atomic E-state index is 12.3. The second kappa shape index (κ2) is 10.9. The molecular weight excluding hydrogens is 376 g/mol. The number of nitrogens with one attached hydrogen (secondary N) is 1. The maximum Gasteiger partial charge on any atom is 0.233 e. The number of piperazine rings is 1. The Hall–Kier alpha value is -1.92. The first-order valence-electron chi connectivity index (χ1n) is 11.6. The summed E-state index contributed by atoms with van der Waals surface area (Å²) in [5, 5.41) is 3.03. The van der Waals surface area contributed by atoms with Gasteiger partial charge < -0.3 is 16.0 Å². The molecule has 1 heterocycles. The van der Waals surface area contributed by atoms with Crippen LogP contribution in [0.15, 0.2) is 24.3 Å². The molecule has 3 rings (SSSR count). The van der Waals surface area contributed by atoms with Crippen molar-refractivity contribution in [2.45, 2.75) is 52.0 Å². The average Bonchev–Trinajstić information content (AvgIpc) is 2.78. The minimum absolute atomic E-state index is 0.0316. The van der Waals surface area contributed by atoms with E-state index in [1.165, 1.54) is 24.9 Å². The van der Waals surface area contributed by atoms with Crippen molar-refractivity contribution in [3.05, 3.63) is 29.8 Å². The SMILES string of the molecule is CC(C)C(=O)c1cccc(N2CCN(CCC3CCC(NC(=O)CN)CC3)CC2)c1. The molecule has 0 unspecified atom stereocenters. The van der Waals surface area contributed by atoms with E-state index in [2.05, 4.69) is 27.2 Å². The van der Waals surface area contributed by atoms with Crippen LogP contribution in [0.3, 0.4) is 0 Å². The number of nitrogens with two attached hydrogens (primary N) is 1. The number of hydrogen-bond acceptors (Lipinski definition) is 5. The summed E-state index contributed by atoms with van der Waals surface area (Å²) in [5.41, 5.74) is 7.38. The van der Waals surface area contributed by atoms with Crippen LogP contribution in [0, 0.1) is 11.8 Å². The lowest BCUT2D eigenvalue weighted by Gasteiger charge is -2.37. The van der Waals surface area contributed by atoms with Gasteiger partial charge in [0.2, 0.25) is 5.91 Å². The highest BCUT2D eigenvalue weighted by Gasteiger charge is 2.24. The zero-order valence-corrected chi connectivity index (χ0v) is 18.6. The summed E-state index contributed by atoms with van der Waals surface area (Å²) in [6.45, 7) is 9.32. The molecule has 6 nitrogen and oxygen atoms in total. The molecule has 0 spiro atoms. The lowest BCUT2D eigenvalue weighted by Crippen LogP contribution is -2.47. The van der Waals surface area contributed by atoms with E-state index < -0.39 is 0 Å². The van der Waals surface area contributed by atoms with Crippen molar-refractivity contribution in [2.24, 2.45) is 17.6 Å². The largest absolute Gasteiger partial charge is 0.369 e. The molecule has 0 atom stereocenters. The van der Waals surface area contributed by atoms with Crippen molar-refractivity contribution in [2.75, 3.05) is 44.2 Å². The number of rotatable bonds is 8. The molecule has 1 aromatic carbocycles. The van der Waals surface area contributed by atoms with E-state index in [1.807, 2.05) is 26.0 Å². The van der Waals surface area contributed by atoms with Gasteiger partial charge in [0.1, 0.15) is 0 Å². The van der Waals surface area contributed by atoms with Crippen molar-refractivity contribution in [1.29, 1.82) is 0 Å². The monoisotopic (exact) mass is 414 g/mol. The van der Waals surface area contributed by atoms with Gasteiger partial charge in [-0.3, -0.25) is 14.5 Å². The predicted molar refractivity (Wildman–Crippen MR) is 122 cm³/mol. The molecule has 1 aromatic rings. The van der Waals surface area contributed by atoms with Gasteiger partial charge >= 0.3 is 0 Å². The van der Waals surface area contributed by atoms with Crippen LogP contribution in [0.4, 0.5) is 5.69 Å². The molecule has 6 heteroatoms. The fourth-order valence-electron chi connectivity index (χ4n) is 4.67. The van der Waals surface area contributed by atoms with Gasteiger partial charge in [0.05, 0.1) is 6.54 Å². The fraction of sp³-hybridized carbons (Fsp3) is 0.667. The zero-order chi connectivity index (χ0) is 21.5. The summed E-state index contributed by atoms with van der Waals surface area (Å²) in [6, 6.07) is 8.43. The summed E-state index contributed by atoms with van der Waals surface area (Å²) in [7, 11) is 0. The molecule has 2 aliphatic rings. The van der Waals surface area contributed by atoms with Gasteiger partial charge in [0.25, 0.3) is 0 Å². The standard InChI is InChI=1S/C24H38N4O2/c1-18(2)24(30)20-4-3-5-22(16-20)28-14-12-27(13-15-28)11-10-19-6-8-21(9-7-19)26-23(29)17-25/h3-5,16,18-19,21H,6-15,17,25H2,1-2H3,(H,26,29). The van der Waals surface area contributed by atoms with Crippen LogP contribution in [0.5, 0.6) is 0 Å². The number of hydrogen-bond donors (Lipinski definition) is 2. The number of Topliss-reactive ketones (excluding diaryl/α,β-unsaturated/α-hetero) is 1. The van der Waals surface area contributed by atoms with Gasteiger partial charge in [0.15, 0.2) is 5.78 Å². The molecular formula is C24H38N4O2.